The molecule has 3 rings (SSSR count). The third-order valence-corrected chi connectivity index (χ3v) is 3.80. The molecule has 0 aliphatic carbocycles. The highest BCUT2D eigenvalue weighted by Crippen LogP contribution is 2.34. The van der Waals surface area contributed by atoms with Crippen molar-refractivity contribution in [1.82, 2.24) is 0 Å². The fourth-order valence-corrected chi connectivity index (χ4v) is 2.65. The van der Waals surface area contributed by atoms with Crippen LogP contribution in [0.1, 0.15) is 11.1 Å². The predicted molar refractivity (Wildman–Crippen MR) is 86.7 cm³/mol. The first-order valence-electron chi connectivity index (χ1n) is 7.16. The number of nitriles is 1. The van der Waals surface area contributed by atoms with E-state index >= 15 is 4.39 Å². The van der Waals surface area contributed by atoms with Crippen molar-refractivity contribution >= 4 is 0 Å². The van der Waals surface area contributed by atoms with Gasteiger partial charge in [0.05, 0.1) is 11.6 Å². The summed E-state index contributed by atoms with van der Waals surface area (Å²) in [6.45, 7) is 1.75. The molecule has 0 fully saturated rings. The normalized spacial score (nSPS) is 10.3. The maximum absolute atomic E-state index is 15.1. The molecule has 0 aromatic heterocycles. The number of halogens is 2. The Kier molecular flexibility index (Phi) is 3.91. The lowest BCUT2D eigenvalue weighted by Crippen LogP contribution is -1.95. The molecule has 3 aromatic carbocycles. The van der Waals surface area contributed by atoms with Gasteiger partial charge in [0.1, 0.15) is 11.6 Å². The number of rotatable bonds is 2. The van der Waals surface area contributed by atoms with Gasteiger partial charge in [-0.1, -0.05) is 42.5 Å². The van der Waals surface area contributed by atoms with E-state index in [4.69, 9.17) is 5.26 Å². The van der Waals surface area contributed by atoms with E-state index in [1.807, 2.05) is 6.07 Å². The molecule has 0 amide bonds. The van der Waals surface area contributed by atoms with E-state index in [9.17, 15) is 4.39 Å². The minimum atomic E-state index is -0.481. The summed E-state index contributed by atoms with van der Waals surface area (Å²) in [6, 6.07) is 18.3. The van der Waals surface area contributed by atoms with Crippen LogP contribution >= 0.6 is 0 Å². The number of nitrogens with zero attached hydrogens (tertiary/aromatic N) is 1. The van der Waals surface area contributed by atoms with Crippen LogP contribution in [0.5, 0.6) is 0 Å². The molecule has 0 atom stereocenters. The molecule has 0 aliphatic rings. The first kappa shape index (κ1) is 14.9. The van der Waals surface area contributed by atoms with Gasteiger partial charge >= 0.3 is 0 Å². The van der Waals surface area contributed by atoms with Crippen molar-refractivity contribution in [1.29, 1.82) is 5.26 Å². The standard InChI is InChI=1S/C20H13F2N/c1-13-9-10-16(15-6-4-5-14(11-15)12-23)20(22)19(13)17-7-2-3-8-18(17)21/h2-11H,1H3. The topological polar surface area (TPSA) is 23.8 Å². The van der Waals surface area contributed by atoms with E-state index in [0.717, 1.165) is 0 Å². The summed E-state index contributed by atoms with van der Waals surface area (Å²) in [4.78, 5) is 0. The van der Waals surface area contributed by atoms with E-state index in [0.29, 0.717) is 22.3 Å². The van der Waals surface area contributed by atoms with Gasteiger partial charge in [-0.25, -0.2) is 8.78 Å². The Bertz CT molecular complexity index is 923. The van der Waals surface area contributed by atoms with Crippen molar-refractivity contribution in [3.8, 4) is 28.3 Å². The minimum absolute atomic E-state index is 0.237. The zero-order chi connectivity index (χ0) is 16.4. The van der Waals surface area contributed by atoms with Crippen molar-refractivity contribution in [3.05, 3.63) is 83.4 Å². The maximum atomic E-state index is 15.1. The Balaban J connectivity index is 2.24. The van der Waals surface area contributed by atoms with Crippen LogP contribution in [0.4, 0.5) is 8.78 Å². The molecule has 0 saturated carbocycles. The van der Waals surface area contributed by atoms with Gasteiger partial charge in [0.25, 0.3) is 0 Å². The molecule has 1 nitrogen and oxygen atoms in total. The summed E-state index contributed by atoms with van der Waals surface area (Å²) in [6.07, 6.45) is 0. The van der Waals surface area contributed by atoms with Crippen LogP contribution in [-0.2, 0) is 0 Å². The van der Waals surface area contributed by atoms with Crippen molar-refractivity contribution in [2.75, 3.05) is 0 Å². The second-order valence-corrected chi connectivity index (χ2v) is 5.29. The molecule has 0 heterocycles. The van der Waals surface area contributed by atoms with Crippen molar-refractivity contribution in [2.24, 2.45) is 0 Å². The molecular formula is C20H13F2N. The molecular weight excluding hydrogens is 292 g/mol. The largest absolute Gasteiger partial charge is 0.206 e. The molecule has 3 heteroatoms. The van der Waals surface area contributed by atoms with Gasteiger partial charge in [0.15, 0.2) is 0 Å². The highest BCUT2D eigenvalue weighted by Gasteiger charge is 2.17. The summed E-state index contributed by atoms with van der Waals surface area (Å²) >= 11 is 0. The van der Waals surface area contributed by atoms with Gasteiger partial charge in [-0.3, -0.25) is 0 Å². The quantitative estimate of drug-likeness (QED) is 0.615. The van der Waals surface area contributed by atoms with E-state index in [1.165, 1.54) is 6.07 Å². The molecule has 0 spiro atoms. The van der Waals surface area contributed by atoms with Crippen LogP contribution in [0, 0.1) is 29.9 Å². The molecule has 112 valence electrons. The summed E-state index contributed by atoms with van der Waals surface area (Å²) in [5.41, 5.74) is 2.55. The van der Waals surface area contributed by atoms with E-state index in [2.05, 4.69) is 0 Å². The Morgan fingerprint density at radius 3 is 2.39 bits per heavy atom. The zero-order valence-electron chi connectivity index (χ0n) is 12.5. The Morgan fingerprint density at radius 1 is 0.870 bits per heavy atom. The molecule has 0 radical (unpaired) electrons. The van der Waals surface area contributed by atoms with E-state index in [-0.39, 0.29) is 11.1 Å². The number of aryl methyl sites for hydroxylation is 1. The van der Waals surface area contributed by atoms with Crippen LogP contribution < -0.4 is 0 Å². The second kappa shape index (κ2) is 6.02. The van der Waals surface area contributed by atoms with Gasteiger partial charge in [-0.15, -0.1) is 0 Å². The van der Waals surface area contributed by atoms with Crippen LogP contribution in [0.2, 0.25) is 0 Å². The van der Waals surface area contributed by atoms with Crippen LogP contribution in [0.3, 0.4) is 0 Å². The van der Waals surface area contributed by atoms with Crippen molar-refractivity contribution in [2.45, 2.75) is 6.92 Å². The summed E-state index contributed by atoms with van der Waals surface area (Å²) < 4.78 is 29.1. The predicted octanol–water partition coefficient (Wildman–Crippen LogP) is 5.48. The number of hydrogen-bond acceptors (Lipinski definition) is 1. The number of hydrogen-bond donors (Lipinski definition) is 0. The molecule has 0 bridgehead atoms. The monoisotopic (exact) mass is 305 g/mol. The van der Waals surface area contributed by atoms with Gasteiger partial charge in [0.2, 0.25) is 0 Å². The zero-order valence-corrected chi connectivity index (χ0v) is 12.5. The molecule has 3 aromatic rings. The van der Waals surface area contributed by atoms with Crippen LogP contribution in [-0.4, -0.2) is 0 Å². The average molecular weight is 305 g/mol. The highest BCUT2D eigenvalue weighted by molar-refractivity contribution is 5.77. The molecule has 0 saturated heterocycles. The Hall–Kier alpha value is -2.99. The smallest absolute Gasteiger partial charge is 0.139 e. The van der Waals surface area contributed by atoms with Crippen LogP contribution in [0.15, 0.2) is 60.7 Å². The van der Waals surface area contributed by atoms with Gasteiger partial charge in [-0.05, 0) is 36.2 Å². The fourth-order valence-electron chi connectivity index (χ4n) is 2.65. The van der Waals surface area contributed by atoms with Crippen molar-refractivity contribution in [3.63, 3.8) is 0 Å². The van der Waals surface area contributed by atoms with Gasteiger partial charge in [-0.2, -0.15) is 5.26 Å². The number of benzene rings is 3. The molecule has 0 N–H and O–H groups in total. The SMILES string of the molecule is Cc1ccc(-c2cccc(C#N)c2)c(F)c1-c1ccccc1F. The third-order valence-electron chi connectivity index (χ3n) is 3.80. The lowest BCUT2D eigenvalue weighted by molar-refractivity contribution is 0.617. The summed E-state index contributed by atoms with van der Waals surface area (Å²) in [5, 5.41) is 9.00. The minimum Gasteiger partial charge on any atom is -0.206 e. The fraction of sp³-hybridized carbons (Fsp3) is 0.0500. The van der Waals surface area contributed by atoms with Gasteiger partial charge < -0.3 is 0 Å². The maximum Gasteiger partial charge on any atom is 0.139 e. The lowest BCUT2D eigenvalue weighted by Gasteiger charge is -2.13. The third kappa shape index (κ3) is 2.72. The summed E-state index contributed by atoms with van der Waals surface area (Å²) in [7, 11) is 0. The molecule has 0 unspecified atom stereocenters. The molecule has 23 heavy (non-hydrogen) atoms. The Morgan fingerprint density at radius 2 is 1.65 bits per heavy atom. The Labute approximate surface area is 133 Å². The summed E-state index contributed by atoms with van der Waals surface area (Å²) in [5.74, 6) is -0.942. The van der Waals surface area contributed by atoms with E-state index < -0.39 is 11.6 Å². The average Bonchev–Trinajstić information content (AvgIpc) is 2.56. The van der Waals surface area contributed by atoms with Crippen LogP contribution in [0.25, 0.3) is 22.3 Å². The van der Waals surface area contributed by atoms with Crippen molar-refractivity contribution < 1.29 is 8.78 Å². The highest BCUT2D eigenvalue weighted by atomic mass is 19.1. The second-order valence-electron chi connectivity index (χ2n) is 5.29. The first-order chi connectivity index (χ1) is 11.1. The van der Waals surface area contributed by atoms with Gasteiger partial charge in [0, 0.05) is 16.7 Å². The first-order valence-corrected chi connectivity index (χ1v) is 7.16. The lowest BCUT2D eigenvalue weighted by atomic mass is 9.93. The van der Waals surface area contributed by atoms with E-state index in [1.54, 1.807) is 61.5 Å². The molecule has 0 aliphatic heterocycles.